The Hall–Kier alpha value is -2.30. The standard InChI is InChI=1S/C12H9FN2O2/c1-7-6-10(12(16)17)15-11(14-7)8-4-2-3-5-9(8)13/h2-6H,1H3,(H,16,17). The Morgan fingerprint density at radius 1 is 1.29 bits per heavy atom. The van der Waals surface area contributed by atoms with E-state index >= 15 is 0 Å². The van der Waals surface area contributed by atoms with Gasteiger partial charge in [0.05, 0.1) is 5.56 Å². The Bertz CT molecular complexity index is 584. The number of benzene rings is 1. The van der Waals surface area contributed by atoms with E-state index in [0.29, 0.717) is 5.69 Å². The van der Waals surface area contributed by atoms with Gasteiger partial charge >= 0.3 is 5.97 Å². The summed E-state index contributed by atoms with van der Waals surface area (Å²) in [6.45, 7) is 1.64. The second-order valence-electron chi connectivity index (χ2n) is 3.50. The maximum atomic E-state index is 13.5. The summed E-state index contributed by atoms with van der Waals surface area (Å²) in [6.07, 6.45) is 0. The predicted molar refractivity (Wildman–Crippen MR) is 59.1 cm³/mol. The number of rotatable bonds is 2. The van der Waals surface area contributed by atoms with Crippen LogP contribution in [0.15, 0.2) is 30.3 Å². The smallest absolute Gasteiger partial charge is 0.354 e. The lowest BCUT2D eigenvalue weighted by atomic mass is 10.2. The van der Waals surface area contributed by atoms with Crippen molar-refractivity contribution < 1.29 is 14.3 Å². The van der Waals surface area contributed by atoms with Gasteiger partial charge in [0.25, 0.3) is 0 Å². The van der Waals surface area contributed by atoms with Gasteiger partial charge in [-0.1, -0.05) is 12.1 Å². The molecule has 17 heavy (non-hydrogen) atoms. The van der Waals surface area contributed by atoms with Gasteiger partial charge in [-0.3, -0.25) is 0 Å². The molecule has 0 aliphatic carbocycles. The van der Waals surface area contributed by atoms with E-state index in [-0.39, 0.29) is 17.1 Å². The Morgan fingerprint density at radius 2 is 2.00 bits per heavy atom. The number of carboxylic acid groups (broad SMARTS) is 1. The molecule has 2 aromatic rings. The number of aromatic carboxylic acids is 1. The van der Waals surface area contributed by atoms with E-state index in [1.807, 2.05) is 0 Å². The number of carbonyl (C=O) groups is 1. The molecule has 86 valence electrons. The van der Waals surface area contributed by atoms with E-state index in [1.165, 1.54) is 18.2 Å². The second kappa shape index (κ2) is 4.29. The molecule has 1 N–H and O–H groups in total. The van der Waals surface area contributed by atoms with Crippen molar-refractivity contribution in [2.24, 2.45) is 0 Å². The third-order valence-corrected chi connectivity index (χ3v) is 2.19. The van der Waals surface area contributed by atoms with E-state index in [9.17, 15) is 9.18 Å². The molecule has 1 aromatic carbocycles. The molecule has 0 atom stereocenters. The molecule has 0 aliphatic rings. The zero-order chi connectivity index (χ0) is 12.4. The van der Waals surface area contributed by atoms with Crippen molar-refractivity contribution in [3.63, 3.8) is 0 Å². The first-order chi connectivity index (χ1) is 8.08. The summed E-state index contributed by atoms with van der Waals surface area (Å²) >= 11 is 0. The highest BCUT2D eigenvalue weighted by Gasteiger charge is 2.12. The predicted octanol–water partition coefficient (Wildman–Crippen LogP) is 2.29. The van der Waals surface area contributed by atoms with Crippen LogP contribution in [0.2, 0.25) is 0 Å². The largest absolute Gasteiger partial charge is 0.477 e. The van der Waals surface area contributed by atoms with E-state index in [2.05, 4.69) is 9.97 Å². The van der Waals surface area contributed by atoms with Gasteiger partial charge in [0.1, 0.15) is 5.82 Å². The minimum atomic E-state index is -1.16. The van der Waals surface area contributed by atoms with Crippen LogP contribution in [0, 0.1) is 12.7 Å². The lowest BCUT2D eigenvalue weighted by Crippen LogP contribution is -2.04. The minimum absolute atomic E-state index is 0.0838. The van der Waals surface area contributed by atoms with Crippen molar-refractivity contribution in [2.45, 2.75) is 6.92 Å². The summed E-state index contributed by atoms with van der Waals surface area (Å²) in [4.78, 5) is 18.7. The molecule has 0 unspecified atom stereocenters. The van der Waals surface area contributed by atoms with Crippen molar-refractivity contribution in [3.8, 4) is 11.4 Å². The number of nitrogens with zero attached hydrogens (tertiary/aromatic N) is 2. The van der Waals surface area contributed by atoms with Gasteiger partial charge in [-0.25, -0.2) is 19.2 Å². The Morgan fingerprint density at radius 3 is 2.65 bits per heavy atom. The van der Waals surface area contributed by atoms with Gasteiger partial charge in [0.15, 0.2) is 11.5 Å². The van der Waals surface area contributed by atoms with Crippen LogP contribution in [-0.4, -0.2) is 21.0 Å². The molecule has 1 heterocycles. The summed E-state index contributed by atoms with van der Waals surface area (Å²) in [5.41, 5.74) is 0.533. The molecule has 0 amide bonds. The Labute approximate surface area is 96.8 Å². The van der Waals surface area contributed by atoms with Crippen molar-refractivity contribution >= 4 is 5.97 Å². The van der Waals surface area contributed by atoms with Crippen LogP contribution in [0.1, 0.15) is 16.2 Å². The fourth-order valence-electron chi connectivity index (χ4n) is 1.44. The zero-order valence-electron chi connectivity index (χ0n) is 9.01. The van der Waals surface area contributed by atoms with Gasteiger partial charge in [0, 0.05) is 5.69 Å². The average molecular weight is 232 g/mol. The van der Waals surface area contributed by atoms with E-state index in [4.69, 9.17) is 5.11 Å². The quantitative estimate of drug-likeness (QED) is 0.862. The number of carboxylic acids is 1. The summed E-state index contributed by atoms with van der Waals surface area (Å²) in [5, 5.41) is 8.87. The topological polar surface area (TPSA) is 63.1 Å². The molecule has 0 radical (unpaired) electrons. The summed E-state index contributed by atoms with van der Waals surface area (Å²) in [5.74, 6) is -1.55. The number of halogens is 1. The SMILES string of the molecule is Cc1cc(C(=O)O)nc(-c2ccccc2F)n1. The molecule has 2 rings (SSSR count). The van der Waals surface area contributed by atoms with Gasteiger partial charge in [-0.05, 0) is 25.1 Å². The summed E-state index contributed by atoms with van der Waals surface area (Å²) in [6, 6.07) is 7.32. The van der Waals surface area contributed by atoms with Crippen molar-refractivity contribution in [1.82, 2.24) is 9.97 Å². The van der Waals surface area contributed by atoms with Crippen LogP contribution in [0.25, 0.3) is 11.4 Å². The van der Waals surface area contributed by atoms with Gasteiger partial charge in [0.2, 0.25) is 0 Å². The average Bonchev–Trinajstić information content (AvgIpc) is 2.28. The third-order valence-electron chi connectivity index (χ3n) is 2.19. The summed E-state index contributed by atoms with van der Waals surface area (Å²) < 4.78 is 13.5. The fraction of sp³-hybridized carbons (Fsp3) is 0.0833. The van der Waals surface area contributed by atoms with E-state index in [0.717, 1.165) is 0 Å². The zero-order valence-corrected chi connectivity index (χ0v) is 9.01. The number of aromatic nitrogens is 2. The molecule has 1 aromatic heterocycles. The maximum absolute atomic E-state index is 13.5. The lowest BCUT2D eigenvalue weighted by Gasteiger charge is -2.04. The molecule has 0 saturated heterocycles. The van der Waals surface area contributed by atoms with Crippen molar-refractivity contribution in [3.05, 3.63) is 47.5 Å². The van der Waals surface area contributed by atoms with E-state index in [1.54, 1.807) is 19.1 Å². The van der Waals surface area contributed by atoms with Crippen molar-refractivity contribution in [1.29, 1.82) is 0 Å². The Balaban J connectivity index is 2.60. The maximum Gasteiger partial charge on any atom is 0.354 e. The summed E-state index contributed by atoms with van der Waals surface area (Å²) in [7, 11) is 0. The molecule has 0 fully saturated rings. The van der Waals surface area contributed by atoms with Gasteiger partial charge < -0.3 is 5.11 Å². The van der Waals surface area contributed by atoms with Gasteiger partial charge in [-0.2, -0.15) is 0 Å². The molecule has 0 bridgehead atoms. The van der Waals surface area contributed by atoms with Crippen LogP contribution in [-0.2, 0) is 0 Å². The number of hydrogen-bond donors (Lipinski definition) is 1. The van der Waals surface area contributed by atoms with Crippen LogP contribution in [0.3, 0.4) is 0 Å². The minimum Gasteiger partial charge on any atom is -0.477 e. The highest BCUT2D eigenvalue weighted by atomic mass is 19.1. The molecular weight excluding hydrogens is 223 g/mol. The van der Waals surface area contributed by atoms with Crippen LogP contribution in [0.5, 0.6) is 0 Å². The first-order valence-electron chi connectivity index (χ1n) is 4.92. The molecule has 0 aliphatic heterocycles. The highest BCUT2D eigenvalue weighted by molar-refractivity contribution is 5.86. The molecule has 4 nitrogen and oxygen atoms in total. The molecule has 0 saturated carbocycles. The van der Waals surface area contributed by atoms with Crippen LogP contribution >= 0.6 is 0 Å². The van der Waals surface area contributed by atoms with Gasteiger partial charge in [-0.15, -0.1) is 0 Å². The van der Waals surface area contributed by atoms with E-state index < -0.39 is 11.8 Å². The first kappa shape index (κ1) is 11.2. The van der Waals surface area contributed by atoms with Crippen molar-refractivity contribution in [2.75, 3.05) is 0 Å². The normalized spacial score (nSPS) is 10.2. The van der Waals surface area contributed by atoms with Crippen LogP contribution < -0.4 is 0 Å². The number of aryl methyl sites for hydroxylation is 1. The van der Waals surface area contributed by atoms with Crippen LogP contribution in [0.4, 0.5) is 4.39 Å². The lowest BCUT2D eigenvalue weighted by molar-refractivity contribution is 0.0690. The first-order valence-corrected chi connectivity index (χ1v) is 4.92. The number of hydrogen-bond acceptors (Lipinski definition) is 3. The highest BCUT2D eigenvalue weighted by Crippen LogP contribution is 2.19. The molecule has 5 heteroatoms. The fourth-order valence-corrected chi connectivity index (χ4v) is 1.44. The monoisotopic (exact) mass is 232 g/mol. The molecular formula is C12H9FN2O2. The second-order valence-corrected chi connectivity index (χ2v) is 3.50. The molecule has 0 spiro atoms. The third kappa shape index (κ3) is 2.28. The Kier molecular flexibility index (Phi) is 2.82.